The number of rotatable bonds is 3. The van der Waals surface area contributed by atoms with Crippen LogP contribution in [0, 0.1) is 0 Å². The first kappa shape index (κ1) is 8.53. The number of esters is 1. The number of carbonyl (C=O) groups is 1. The van der Waals surface area contributed by atoms with Crippen LogP contribution < -0.4 is 5.73 Å². The Morgan fingerprint density at radius 3 is 2.64 bits per heavy atom. The van der Waals surface area contributed by atoms with E-state index in [9.17, 15) is 4.79 Å². The smallest absolute Gasteiger partial charge is 0.307 e. The van der Waals surface area contributed by atoms with Gasteiger partial charge in [0.15, 0.2) is 0 Å². The van der Waals surface area contributed by atoms with Gasteiger partial charge in [0.05, 0.1) is 6.42 Å². The molecule has 1 aliphatic carbocycles. The van der Waals surface area contributed by atoms with Gasteiger partial charge >= 0.3 is 5.97 Å². The van der Waals surface area contributed by atoms with Gasteiger partial charge in [0.1, 0.15) is 6.10 Å². The highest BCUT2D eigenvalue weighted by atomic mass is 16.5. The Kier molecular flexibility index (Phi) is 3.36. The van der Waals surface area contributed by atoms with Crippen molar-refractivity contribution in [1.82, 2.24) is 5.73 Å². The Bertz CT molecular complexity index is 130. The van der Waals surface area contributed by atoms with Gasteiger partial charge in [0, 0.05) is 6.54 Å². The average molecular weight is 156 g/mol. The summed E-state index contributed by atoms with van der Waals surface area (Å²) in [7, 11) is 0. The molecule has 11 heavy (non-hydrogen) atoms. The summed E-state index contributed by atoms with van der Waals surface area (Å²) in [6.45, 7) is 0.144. The van der Waals surface area contributed by atoms with Crippen LogP contribution in [0.1, 0.15) is 32.1 Å². The Labute approximate surface area is 66.9 Å². The molecule has 3 heteroatoms. The van der Waals surface area contributed by atoms with E-state index in [2.05, 4.69) is 0 Å². The first-order valence-electron chi connectivity index (χ1n) is 4.17. The molecule has 0 amide bonds. The van der Waals surface area contributed by atoms with Gasteiger partial charge in [-0.25, -0.2) is 0 Å². The van der Waals surface area contributed by atoms with Gasteiger partial charge in [0.2, 0.25) is 0 Å². The first-order valence-corrected chi connectivity index (χ1v) is 4.17. The van der Waals surface area contributed by atoms with Crippen molar-refractivity contribution < 1.29 is 9.53 Å². The summed E-state index contributed by atoms with van der Waals surface area (Å²) >= 11 is 0. The van der Waals surface area contributed by atoms with Gasteiger partial charge in [-0.3, -0.25) is 10.5 Å². The molecule has 0 saturated heterocycles. The highest BCUT2D eigenvalue weighted by Crippen LogP contribution is 2.21. The fraction of sp³-hybridized carbons (Fsp3) is 0.875. The third-order valence-corrected chi connectivity index (χ3v) is 1.93. The maximum Gasteiger partial charge on any atom is 0.307 e. The topological polar surface area (TPSA) is 50.1 Å². The molecule has 63 valence electrons. The van der Waals surface area contributed by atoms with Crippen molar-refractivity contribution in [2.45, 2.75) is 38.2 Å². The van der Waals surface area contributed by atoms with Crippen LogP contribution in [-0.4, -0.2) is 18.6 Å². The molecular weight excluding hydrogens is 142 g/mol. The van der Waals surface area contributed by atoms with Crippen LogP contribution in [0.3, 0.4) is 0 Å². The van der Waals surface area contributed by atoms with E-state index in [1.165, 1.54) is 12.8 Å². The summed E-state index contributed by atoms with van der Waals surface area (Å²) in [6.07, 6.45) is 4.80. The monoisotopic (exact) mass is 156 g/mol. The minimum absolute atomic E-state index is 0.144. The lowest BCUT2D eigenvalue weighted by atomic mass is 10.3. The molecule has 1 aliphatic rings. The average Bonchev–Trinajstić information content (AvgIpc) is 2.40. The molecule has 0 aromatic carbocycles. The summed E-state index contributed by atoms with van der Waals surface area (Å²) in [6, 6.07) is 0. The van der Waals surface area contributed by atoms with E-state index < -0.39 is 0 Å². The number of carbonyl (C=O) groups excluding carboxylic acids is 1. The molecule has 1 fully saturated rings. The molecule has 0 atom stereocenters. The van der Waals surface area contributed by atoms with E-state index in [1.54, 1.807) is 0 Å². The zero-order valence-corrected chi connectivity index (χ0v) is 6.64. The Hall–Kier alpha value is -0.570. The molecule has 1 saturated carbocycles. The molecule has 1 N–H and O–H groups in total. The molecule has 0 unspecified atom stereocenters. The SMILES string of the molecule is [NH]CCC(=O)OC1CCCC1. The third-order valence-electron chi connectivity index (χ3n) is 1.93. The molecule has 0 aliphatic heterocycles. The third kappa shape index (κ3) is 2.89. The molecular formula is C8H14NO2. The van der Waals surface area contributed by atoms with E-state index in [0.29, 0.717) is 0 Å². The predicted molar refractivity (Wildman–Crippen MR) is 40.9 cm³/mol. The second kappa shape index (κ2) is 4.34. The highest BCUT2D eigenvalue weighted by Gasteiger charge is 2.18. The maximum atomic E-state index is 10.9. The number of ether oxygens (including phenoxy) is 1. The summed E-state index contributed by atoms with van der Waals surface area (Å²) in [4.78, 5) is 10.9. The molecule has 0 spiro atoms. The van der Waals surface area contributed by atoms with Crippen LogP contribution in [0.2, 0.25) is 0 Å². The fourth-order valence-corrected chi connectivity index (χ4v) is 1.35. The lowest BCUT2D eigenvalue weighted by Gasteiger charge is -2.09. The number of hydrogen-bond donors (Lipinski definition) is 0. The summed E-state index contributed by atoms with van der Waals surface area (Å²) in [5.41, 5.74) is 6.81. The van der Waals surface area contributed by atoms with Crippen LogP contribution in [0.5, 0.6) is 0 Å². The molecule has 0 bridgehead atoms. The van der Waals surface area contributed by atoms with Crippen molar-refractivity contribution in [3.05, 3.63) is 0 Å². The zero-order chi connectivity index (χ0) is 8.10. The van der Waals surface area contributed by atoms with Gasteiger partial charge in [0.25, 0.3) is 0 Å². The molecule has 1 rings (SSSR count). The van der Waals surface area contributed by atoms with Gasteiger partial charge in [-0.05, 0) is 25.7 Å². The van der Waals surface area contributed by atoms with Gasteiger partial charge < -0.3 is 4.74 Å². The minimum atomic E-state index is -0.202. The van der Waals surface area contributed by atoms with Crippen LogP contribution in [0.15, 0.2) is 0 Å². The van der Waals surface area contributed by atoms with Crippen molar-refractivity contribution in [3.8, 4) is 0 Å². The Morgan fingerprint density at radius 2 is 2.09 bits per heavy atom. The lowest BCUT2D eigenvalue weighted by molar-refractivity contribution is -0.148. The van der Waals surface area contributed by atoms with Crippen molar-refractivity contribution >= 4 is 5.97 Å². The van der Waals surface area contributed by atoms with E-state index in [-0.39, 0.29) is 25.0 Å². The standard InChI is InChI=1S/C8H14NO2/c9-6-5-8(10)11-7-3-1-2-4-7/h7,9H,1-6H2. The van der Waals surface area contributed by atoms with Crippen molar-refractivity contribution in [3.63, 3.8) is 0 Å². The van der Waals surface area contributed by atoms with Crippen LogP contribution in [0.4, 0.5) is 0 Å². The fourth-order valence-electron chi connectivity index (χ4n) is 1.35. The van der Waals surface area contributed by atoms with Crippen molar-refractivity contribution in [1.29, 1.82) is 0 Å². The van der Waals surface area contributed by atoms with Crippen molar-refractivity contribution in [2.75, 3.05) is 6.54 Å². The maximum absolute atomic E-state index is 10.9. The van der Waals surface area contributed by atoms with Gasteiger partial charge in [-0.1, -0.05) is 0 Å². The Balaban J connectivity index is 2.13. The van der Waals surface area contributed by atoms with Gasteiger partial charge in [-0.2, -0.15) is 0 Å². The molecule has 0 heterocycles. The quantitative estimate of drug-likeness (QED) is 0.575. The van der Waals surface area contributed by atoms with E-state index in [4.69, 9.17) is 10.5 Å². The van der Waals surface area contributed by atoms with E-state index in [0.717, 1.165) is 12.8 Å². The second-order valence-corrected chi connectivity index (χ2v) is 2.90. The normalized spacial score (nSPS) is 18.6. The van der Waals surface area contributed by atoms with Crippen LogP contribution >= 0.6 is 0 Å². The summed E-state index contributed by atoms with van der Waals surface area (Å²) < 4.78 is 5.09. The predicted octanol–water partition coefficient (Wildman–Crippen LogP) is 1.15. The van der Waals surface area contributed by atoms with Crippen LogP contribution in [0.25, 0.3) is 0 Å². The molecule has 0 aromatic rings. The van der Waals surface area contributed by atoms with Gasteiger partial charge in [-0.15, -0.1) is 0 Å². The Morgan fingerprint density at radius 1 is 1.45 bits per heavy atom. The zero-order valence-electron chi connectivity index (χ0n) is 6.64. The number of nitrogens with one attached hydrogen (secondary N) is 1. The van der Waals surface area contributed by atoms with Crippen molar-refractivity contribution in [2.24, 2.45) is 0 Å². The highest BCUT2D eigenvalue weighted by molar-refractivity contribution is 5.69. The molecule has 3 nitrogen and oxygen atoms in total. The van der Waals surface area contributed by atoms with E-state index >= 15 is 0 Å². The number of hydrogen-bond acceptors (Lipinski definition) is 2. The second-order valence-electron chi connectivity index (χ2n) is 2.90. The molecule has 1 radical (unpaired) electrons. The lowest BCUT2D eigenvalue weighted by Crippen LogP contribution is -2.15. The van der Waals surface area contributed by atoms with E-state index in [1.807, 2.05) is 0 Å². The molecule has 0 aromatic heterocycles. The van der Waals surface area contributed by atoms with Crippen LogP contribution in [-0.2, 0) is 9.53 Å². The summed E-state index contributed by atoms with van der Waals surface area (Å²) in [5, 5.41) is 0. The minimum Gasteiger partial charge on any atom is -0.462 e. The summed E-state index contributed by atoms with van der Waals surface area (Å²) in [5.74, 6) is -0.202. The first-order chi connectivity index (χ1) is 5.33. The largest absolute Gasteiger partial charge is 0.462 e.